The van der Waals surface area contributed by atoms with E-state index >= 15 is 0 Å². The van der Waals surface area contributed by atoms with Crippen molar-refractivity contribution in [3.05, 3.63) is 59.2 Å². The third kappa shape index (κ3) is 2.63. The molecule has 0 aromatic heterocycles. The summed E-state index contributed by atoms with van der Waals surface area (Å²) in [7, 11) is 0. The molecule has 0 saturated heterocycles. The first-order chi connectivity index (χ1) is 12.6. The summed E-state index contributed by atoms with van der Waals surface area (Å²) in [5.41, 5.74) is 1.17. The number of nitrogens with one attached hydrogen (secondary N) is 1. The fourth-order valence-corrected chi connectivity index (χ4v) is 3.67. The summed E-state index contributed by atoms with van der Waals surface area (Å²) in [5, 5.41) is 12.4. The first-order valence-electron chi connectivity index (χ1n) is 8.67. The number of rotatable bonds is 3. The predicted molar refractivity (Wildman–Crippen MR) is 95.3 cm³/mol. The highest BCUT2D eigenvalue weighted by atomic mass is 16.3. The molecule has 132 valence electrons. The zero-order chi connectivity index (χ0) is 18.3. The second kappa shape index (κ2) is 6.29. The van der Waals surface area contributed by atoms with E-state index in [1.54, 1.807) is 18.2 Å². The topological polar surface area (TPSA) is 86.7 Å². The third-order valence-electron chi connectivity index (χ3n) is 5.02. The number of para-hydroxylation sites is 2. The minimum atomic E-state index is -0.450. The number of imide groups is 1. The quantitative estimate of drug-likeness (QED) is 0.657. The number of amides is 3. The van der Waals surface area contributed by atoms with Crippen molar-refractivity contribution in [3.8, 4) is 5.75 Å². The molecule has 2 aliphatic rings. The average Bonchev–Trinajstić information content (AvgIpc) is 3.24. The maximum absolute atomic E-state index is 12.7. The first-order valence-corrected chi connectivity index (χ1v) is 8.67. The smallest absolute Gasteiger partial charge is 0.261 e. The molecule has 2 aromatic rings. The van der Waals surface area contributed by atoms with E-state index in [4.69, 9.17) is 0 Å². The van der Waals surface area contributed by atoms with Gasteiger partial charge < -0.3 is 10.4 Å². The number of carbonyl (C=O) groups is 3. The van der Waals surface area contributed by atoms with Crippen molar-refractivity contribution >= 4 is 23.4 Å². The summed E-state index contributed by atoms with van der Waals surface area (Å²) in [5.74, 6) is -1.09. The molecule has 1 aliphatic carbocycles. The molecule has 4 rings (SSSR count). The largest absolute Gasteiger partial charge is 0.506 e. The van der Waals surface area contributed by atoms with Crippen molar-refractivity contribution in [1.82, 2.24) is 4.90 Å². The summed E-state index contributed by atoms with van der Waals surface area (Å²) >= 11 is 0. The Morgan fingerprint density at radius 2 is 1.69 bits per heavy atom. The van der Waals surface area contributed by atoms with Crippen LogP contribution in [0.3, 0.4) is 0 Å². The molecule has 6 nitrogen and oxygen atoms in total. The zero-order valence-corrected chi connectivity index (χ0v) is 14.1. The number of hydrogen-bond donors (Lipinski definition) is 2. The first kappa shape index (κ1) is 16.3. The van der Waals surface area contributed by atoms with Gasteiger partial charge in [0, 0.05) is 11.6 Å². The SMILES string of the molecule is O=C(Nc1ccccc1O)c1ccc2c(c1)C(=O)N(C1CCCC1)C2=O. The minimum absolute atomic E-state index is 0.0408. The van der Waals surface area contributed by atoms with Crippen molar-refractivity contribution in [1.29, 1.82) is 0 Å². The van der Waals surface area contributed by atoms with Crippen LogP contribution in [0.15, 0.2) is 42.5 Å². The molecule has 3 amide bonds. The molecule has 6 heteroatoms. The lowest BCUT2D eigenvalue weighted by atomic mass is 10.1. The number of benzene rings is 2. The Kier molecular flexibility index (Phi) is 3.95. The van der Waals surface area contributed by atoms with Crippen LogP contribution < -0.4 is 5.32 Å². The summed E-state index contributed by atoms with van der Waals surface area (Å²) in [6, 6.07) is 10.9. The van der Waals surface area contributed by atoms with Crippen LogP contribution >= 0.6 is 0 Å². The molecule has 1 fully saturated rings. The summed E-state index contributed by atoms with van der Waals surface area (Å²) in [6.45, 7) is 0. The number of phenols is 1. The number of hydrogen-bond acceptors (Lipinski definition) is 4. The molecule has 0 atom stereocenters. The normalized spacial score (nSPS) is 16.8. The number of fused-ring (bicyclic) bond motifs is 1. The van der Waals surface area contributed by atoms with Crippen LogP contribution in [0.5, 0.6) is 5.75 Å². The number of anilines is 1. The lowest BCUT2D eigenvalue weighted by Crippen LogP contribution is -2.38. The maximum atomic E-state index is 12.7. The van der Waals surface area contributed by atoms with Gasteiger partial charge in [0.25, 0.3) is 17.7 Å². The van der Waals surface area contributed by atoms with Gasteiger partial charge in [-0.2, -0.15) is 0 Å². The van der Waals surface area contributed by atoms with Crippen molar-refractivity contribution in [2.45, 2.75) is 31.7 Å². The van der Waals surface area contributed by atoms with Crippen LogP contribution in [0.2, 0.25) is 0 Å². The second-order valence-electron chi connectivity index (χ2n) is 6.65. The standard InChI is InChI=1S/C20H18N2O4/c23-17-8-4-3-7-16(17)21-18(24)12-9-10-14-15(11-12)20(26)22(19(14)25)13-5-1-2-6-13/h3-4,7-11,13,23H,1-2,5-6H2,(H,21,24). The minimum Gasteiger partial charge on any atom is -0.506 e. The predicted octanol–water partition coefficient (Wildman–Crippen LogP) is 3.18. The molecular weight excluding hydrogens is 332 g/mol. The molecule has 1 aliphatic heterocycles. The van der Waals surface area contributed by atoms with Gasteiger partial charge in [-0.15, -0.1) is 0 Å². The third-order valence-corrected chi connectivity index (χ3v) is 5.02. The highest BCUT2D eigenvalue weighted by Crippen LogP contribution is 2.32. The van der Waals surface area contributed by atoms with E-state index in [1.165, 1.54) is 29.2 Å². The average molecular weight is 350 g/mol. The zero-order valence-electron chi connectivity index (χ0n) is 14.1. The van der Waals surface area contributed by atoms with Crippen molar-refractivity contribution in [2.24, 2.45) is 0 Å². The van der Waals surface area contributed by atoms with E-state index in [0.717, 1.165) is 25.7 Å². The van der Waals surface area contributed by atoms with Crippen molar-refractivity contribution < 1.29 is 19.5 Å². The van der Waals surface area contributed by atoms with Gasteiger partial charge in [0.2, 0.25) is 0 Å². The molecule has 2 aromatic carbocycles. The van der Waals surface area contributed by atoms with E-state index in [2.05, 4.69) is 5.32 Å². The van der Waals surface area contributed by atoms with Crippen molar-refractivity contribution in [3.63, 3.8) is 0 Å². The number of aromatic hydroxyl groups is 1. The molecule has 0 radical (unpaired) electrons. The molecule has 1 saturated carbocycles. The number of carbonyl (C=O) groups excluding carboxylic acids is 3. The summed E-state index contributed by atoms with van der Waals surface area (Å²) in [4.78, 5) is 39.1. The van der Waals surface area contributed by atoms with Crippen LogP contribution in [0.1, 0.15) is 56.8 Å². The molecule has 1 heterocycles. The summed E-state index contributed by atoms with van der Waals surface area (Å²) in [6.07, 6.45) is 3.72. The fraction of sp³-hybridized carbons (Fsp3) is 0.250. The van der Waals surface area contributed by atoms with E-state index < -0.39 is 5.91 Å². The van der Waals surface area contributed by atoms with E-state index in [1.807, 2.05) is 0 Å². The van der Waals surface area contributed by atoms with E-state index in [9.17, 15) is 19.5 Å². The maximum Gasteiger partial charge on any atom is 0.261 e. The van der Waals surface area contributed by atoms with Crippen molar-refractivity contribution in [2.75, 3.05) is 5.32 Å². The molecule has 26 heavy (non-hydrogen) atoms. The van der Waals surface area contributed by atoms with Gasteiger partial charge in [0.05, 0.1) is 16.8 Å². The van der Waals surface area contributed by atoms with Gasteiger partial charge in [0.15, 0.2) is 0 Å². The molecular formula is C20H18N2O4. The van der Waals surface area contributed by atoms with Crippen LogP contribution in [-0.2, 0) is 0 Å². The second-order valence-corrected chi connectivity index (χ2v) is 6.65. The van der Waals surface area contributed by atoms with Crippen LogP contribution in [0.25, 0.3) is 0 Å². The fourth-order valence-electron chi connectivity index (χ4n) is 3.67. The van der Waals surface area contributed by atoms with Crippen LogP contribution in [-0.4, -0.2) is 33.8 Å². The highest BCUT2D eigenvalue weighted by molar-refractivity contribution is 6.22. The van der Waals surface area contributed by atoms with E-state index in [-0.39, 0.29) is 40.4 Å². The monoisotopic (exact) mass is 350 g/mol. The number of phenolic OH excluding ortho intramolecular Hbond substituents is 1. The lowest BCUT2D eigenvalue weighted by Gasteiger charge is -2.21. The van der Waals surface area contributed by atoms with Gasteiger partial charge in [0.1, 0.15) is 5.75 Å². The summed E-state index contributed by atoms with van der Waals surface area (Å²) < 4.78 is 0. The van der Waals surface area contributed by atoms with Gasteiger partial charge in [-0.1, -0.05) is 25.0 Å². The van der Waals surface area contributed by atoms with Gasteiger partial charge >= 0.3 is 0 Å². The highest BCUT2D eigenvalue weighted by Gasteiger charge is 2.41. The van der Waals surface area contributed by atoms with E-state index in [0.29, 0.717) is 5.56 Å². The Bertz CT molecular complexity index is 916. The van der Waals surface area contributed by atoms with Gasteiger partial charge in [-0.25, -0.2) is 0 Å². The molecule has 0 bridgehead atoms. The Hall–Kier alpha value is -3.15. The number of nitrogens with zero attached hydrogens (tertiary/aromatic N) is 1. The molecule has 0 unspecified atom stereocenters. The van der Waals surface area contributed by atoms with Crippen LogP contribution in [0, 0.1) is 0 Å². The molecule has 2 N–H and O–H groups in total. The Labute approximate surface area is 150 Å². The van der Waals surface area contributed by atoms with Gasteiger partial charge in [-0.05, 0) is 43.2 Å². The van der Waals surface area contributed by atoms with Crippen LogP contribution in [0.4, 0.5) is 5.69 Å². The van der Waals surface area contributed by atoms with Gasteiger partial charge in [-0.3, -0.25) is 19.3 Å². The Morgan fingerprint density at radius 3 is 2.42 bits per heavy atom. The Balaban J connectivity index is 1.60. The molecule has 0 spiro atoms. The Morgan fingerprint density at radius 1 is 1.00 bits per heavy atom. The lowest BCUT2D eigenvalue weighted by molar-refractivity contribution is 0.0587.